The van der Waals surface area contributed by atoms with E-state index in [2.05, 4.69) is 36.4 Å². The van der Waals surface area contributed by atoms with E-state index < -0.39 is 0 Å². The number of anilines is 1. The van der Waals surface area contributed by atoms with E-state index in [4.69, 9.17) is 11.6 Å². The lowest BCUT2D eigenvalue weighted by atomic mass is 10.0. The predicted octanol–water partition coefficient (Wildman–Crippen LogP) is 4.96. The molecular formula is C21H22ClN3O. The van der Waals surface area contributed by atoms with E-state index in [1.807, 2.05) is 30.3 Å². The van der Waals surface area contributed by atoms with Gasteiger partial charge >= 0.3 is 0 Å². The monoisotopic (exact) mass is 367 g/mol. The fourth-order valence-electron chi connectivity index (χ4n) is 2.96. The van der Waals surface area contributed by atoms with Crippen LogP contribution in [0.15, 0.2) is 54.9 Å². The van der Waals surface area contributed by atoms with Gasteiger partial charge in [0.15, 0.2) is 0 Å². The van der Waals surface area contributed by atoms with Gasteiger partial charge < -0.3 is 5.32 Å². The summed E-state index contributed by atoms with van der Waals surface area (Å²) in [6, 6.07) is 13.8. The highest BCUT2D eigenvalue weighted by molar-refractivity contribution is 6.31. The normalized spacial score (nSPS) is 10.7. The summed E-state index contributed by atoms with van der Waals surface area (Å²) in [6.07, 6.45) is 5.08. The Bertz CT molecular complexity index is 895. The van der Waals surface area contributed by atoms with Crippen molar-refractivity contribution in [1.29, 1.82) is 0 Å². The van der Waals surface area contributed by atoms with Crippen LogP contribution in [0.5, 0.6) is 0 Å². The summed E-state index contributed by atoms with van der Waals surface area (Å²) < 4.78 is 1.72. The molecule has 0 spiro atoms. The molecule has 0 atom stereocenters. The second kappa shape index (κ2) is 8.19. The van der Waals surface area contributed by atoms with Crippen molar-refractivity contribution >= 4 is 23.2 Å². The molecule has 0 saturated carbocycles. The molecule has 3 aromatic rings. The minimum absolute atomic E-state index is 0.147. The van der Waals surface area contributed by atoms with E-state index in [1.165, 1.54) is 0 Å². The minimum Gasteiger partial charge on any atom is -0.321 e. The van der Waals surface area contributed by atoms with Gasteiger partial charge in [-0.1, -0.05) is 61.8 Å². The van der Waals surface area contributed by atoms with E-state index in [1.54, 1.807) is 17.1 Å². The Balaban J connectivity index is 1.78. The number of hydrogen-bond donors (Lipinski definition) is 1. The minimum atomic E-state index is -0.147. The van der Waals surface area contributed by atoms with Crippen molar-refractivity contribution in [2.75, 3.05) is 5.32 Å². The summed E-state index contributed by atoms with van der Waals surface area (Å²) >= 11 is 6.20. The van der Waals surface area contributed by atoms with Crippen molar-refractivity contribution in [2.24, 2.45) is 0 Å². The average molecular weight is 368 g/mol. The predicted molar refractivity (Wildman–Crippen MR) is 106 cm³/mol. The first kappa shape index (κ1) is 18.2. The van der Waals surface area contributed by atoms with Gasteiger partial charge in [0.05, 0.1) is 18.3 Å². The maximum Gasteiger partial charge on any atom is 0.258 e. The van der Waals surface area contributed by atoms with Gasteiger partial charge in [-0.15, -0.1) is 0 Å². The number of aromatic nitrogens is 2. The van der Waals surface area contributed by atoms with Crippen molar-refractivity contribution in [3.8, 4) is 0 Å². The number of nitrogens with one attached hydrogen (secondary N) is 1. The first-order chi connectivity index (χ1) is 12.6. The summed E-state index contributed by atoms with van der Waals surface area (Å²) in [5.74, 6) is -0.147. The fraction of sp³-hybridized carbons (Fsp3) is 0.238. The maximum atomic E-state index is 12.7. The Morgan fingerprint density at radius 3 is 2.35 bits per heavy atom. The van der Waals surface area contributed by atoms with Gasteiger partial charge in [-0.3, -0.25) is 9.48 Å². The molecule has 0 fully saturated rings. The van der Waals surface area contributed by atoms with E-state index in [-0.39, 0.29) is 5.91 Å². The third-order valence-corrected chi connectivity index (χ3v) is 4.79. The number of benzene rings is 2. The quantitative estimate of drug-likeness (QED) is 0.669. The highest BCUT2D eigenvalue weighted by Gasteiger charge is 2.14. The van der Waals surface area contributed by atoms with Gasteiger partial charge in [0.25, 0.3) is 5.91 Å². The van der Waals surface area contributed by atoms with E-state index in [0.717, 1.165) is 35.2 Å². The Hall–Kier alpha value is -2.59. The average Bonchev–Trinajstić information content (AvgIpc) is 3.12. The van der Waals surface area contributed by atoms with E-state index in [9.17, 15) is 4.79 Å². The molecule has 0 radical (unpaired) electrons. The summed E-state index contributed by atoms with van der Waals surface area (Å²) in [5, 5.41) is 8.06. The van der Waals surface area contributed by atoms with Crippen LogP contribution in [0, 0.1) is 0 Å². The number of para-hydroxylation sites is 1. The zero-order chi connectivity index (χ0) is 18.5. The lowest BCUT2D eigenvalue weighted by molar-refractivity contribution is 0.102. The number of carbonyl (C=O) groups is 1. The van der Waals surface area contributed by atoms with Crippen LogP contribution in [0.4, 0.5) is 5.69 Å². The van der Waals surface area contributed by atoms with Crippen molar-refractivity contribution in [3.05, 3.63) is 82.1 Å². The topological polar surface area (TPSA) is 46.9 Å². The smallest absolute Gasteiger partial charge is 0.258 e. The molecule has 1 N–H and O–H groups in total. The summed E-state index contributed by atoms with van der Waals surface area (Å²) in [7, 11) is 0. The van der Waals surface area contributed by atoms with Crippen LogP contribution >= 0.6 is 11.6 Å². The van der Waals surface area contributed by atoms with Gasteiger partial charge in [-0.25, -0.2) is 0 Å². The molecular weight excluding hydrogens is 346 g/mol. The van der Waals surface area contributed by atoms with Crippen LogP contribution in [0.1, 0.15) is 40.9 Å². The highest BCUT2D eigenvalue weighted by Crippen LogP contribution is 2.23. The number of halogens is 1. The molecule has 0 unspecified atom stereocenters. The van der Waals surface area contributed by atoms with Gasteiger partial charge in [-0.2, -0.15) is 5.10 Å². The van der Waals surface area contributed by atoms with Crippen LogP contribution in [0.2, 0.25) is 5.02 Å². The molecule has 1 amide bonds. The third-order valence-electron chi connectivity index (χ3n) is 4.42. The fourth-order valence-corrected chi connectivity index (χ4v) is 3.15. The molecule has 0 saturated heterocycles. The third kappa shape index (κ3) is 3.97. The lowest BCUT2D eigenvalue weighted by Gasteiger charge is -2.13. The van der Waals surface area contributed by atoms with Gasteiger partial charge in [0.1, 0.15) is 0 Å². The molecule has 0 aliphatic heterocycles. The van der Waals surface area contributed by atoms with Crippen molar-refractivity contribution < 1.29 is 4.79 Å². The molecule has 3 rings (SSSR count). The summed E-state index contributed by atoms with van der Waals surface area (Å²) in [5.41, 5.74) is 4.70. The van der Waals surface area contributed by atoms with Crippen molar-refractivity contribution in [1.82, 2.24) is 9.78 Å². The Labute approximate surface area is 158 Å². The van der Waals surface area contributed by atoms with Gasteiger partial charge in [-0.05, 0) is 35.6 Å². The van der Waals surface area contributed by atoms with E-state index >= 15 is 0 Å². The second-order valence-electron chi connectivity index (χ2n) is 6.13. The molecule has 0 aliphatic rings. The largest absolute Gasteiger partial charge is 0.321 e. The second-order valence-corrected chi connectivity index (χ2v) is 6.54. The molecule has 1 heterocycles. The zero-order valence-electron chi connectivity index (χ0n) is 15.0. The molecule has 134 valence electrons. The Morgan fingerprint density at radius 2 is 1.69 bits per heavy atom. The maximum absolute atomic E-state index is 12.7. The SMILES string of the molecule is CCc1cccc(CC)c1NC(=O)c1cnn(Cc2ccccc2Cl)c1. The van der Waals surface area contributed by atoms with Gasteiger partial charge in [0.2, 0.25) is 0 Å². The molecule has 4 nitrogen and oxygen atoms in total. The van der Waals surface area contributed by atoms with Crippen LogP contribution in [0.3, 0.4) is 0 Å². The first-order valence-corrected chi connectivity index (χ1v) is 9.18. The van der Waals surface area contributed by atoms with Crippen molar-refractivity contribution in [3.63, 3.8) is 0 Å². The summed E-state index contributed by atoms with van der Waals surface area (Å²) in [6.45, 7) is 4.71. The number of aryl methyl sites for hydroxylation is 2. The van der Waals surface area contributed by atoms with Gasteiger partial charge in [0, 0.05) is 16.9 Å². The molecule has 0 aliphatic carbocycles. The van der Waals surface area contributed by atoms with Crippen LogP contribution in [-0.2, 0) is 19.4 Å². The van der Waals surface area contributed by atoms with Crippen molar-refractivity contribution in [2.45, 2.75) is 33.2 Å². The standard InChI is InChI=1S/C21H22ClN3O/c1-3-15-9-7-10-16(4-2)20(15)24-21(26)18-12-23-25(14-18)13-17-8-5-6-11-19(17)22/h5-12,14H,3-4,13H2,1-2H3,(H,24,26). The highest BCUT2D eigenvalue weighted by atomic mass is 35.5. The molecule has 26 heavy (non-hydrogen) atoms. The van der Waals surface area contributed by atoms with Crippen LogP contribution in [-0.4, -0.2) is 15.7 Å². The number of rotatable bonds is 6. The number of nitrogens with zero attached hydrogens (tertiary/aromatic N) is 2. The first-order valence-electron chi connectivity index (χ1n) is 8.80. The van der Waals surface area contributed by atoms with Crippen LogP contribution in [0.25, 0.3) is 0 Å². The number of carbonyl (C=O) groups excluding carboxylic acids is 1. The molecule has 2 aromatic carbocycles. The Morgan fingerprint density at radius 1 is 1.04 bits per heavy atom. The van der Waals surface area contributed by atoms with E-state index in [0.29, 0.717) is 17.1 Å². The number of hydrogen-bond acceptors (Lipinski definition) is 2. The zero-order valence-corrected chi connectivity index (χ0v) is 15.8. The number of amides is 1. The molecule has 0 bridgehead atoms. The lowest BCUT2D eigenvalue weighted by Crippen LogP contribution is -2.14. The summed E-state index contributed by atoms with van der Waals surface area (Å²) in [4.78, 5) is 12.7. The molecule has 1 aromatic heterocycles. The van der Waals surface area contributed by atoms with Crippen LogP contribution < -0.4 is 5.32 Å². The Kier molecular flexibility index (Phi) is 5.74. The molecule has 5 heteroatoms.